The Morgan fingerprint density at radius 3 is 2.50 bits per heavy atom. The lowest BCUT2D eigenvalue weighted by Crippen LogP contribution is -2.56. The van der Waals surface area contributed by atoms with Gasteiger partial charge in [0.1, 0.15) is 0 Å². The molecule has 0 saturated heterocycles. The first-order valence-corrected chi connectivity index (χ1v) is 3.81. The van der Waals surface area contributed by atoms with Crippen LogP contribution >= 0.6 is 0 Å². The molecule has 0 unspecified atom stereocenters. The maximum absolute atomic E-state index is 10.5. The van der Waals surface area contributed by atoms with E-state index >= 15 is 0 Å². The molecular formula is CH6N6O4S. The van der Waals surface area contributed by atoms with Crippen molar-refractivity contribution in [3.63, 3.8) is 0 Å². The van der Waals surface area contributed by atoms with Crippen LogP contribution in [-0.4, -0.2) is 24.7 Å². The maximum atomic E-state index is 10.5. The van der Waals surface area contributed by atoms with Gasteiger partial charge < -0.3 is 0 Å². The Labute approximate surface area is 67.3 Å². The summed E-state index contributed by atoms with van der Waals surface area (Å²) in [7, 11) is -4.22. The molecule has 0 aromatic rings. The van der Waals surface area contributed by atoms with E-state index in [4.69, 9.17) is 17.5 Å². The summed E-state index contributed by atoms with van der Waals surface area (Å²) in [6.45, 7) is 0. The summed E-state index contributed by atoms with van der Waals surface area (Å²) >= 11 is 0. The van der Waals surface area contributed by atoms with Gasteiger partial charge in [0.05, 0.1) is 0 Å². The van der Waals surface area contributed by atoms with Gasteiger partial charge in [-0.05, 0) is 5.16 Å². The molecule has 0 saturated carbocycles. The zero-order valence-corrected chi connectivity index (χ0v) is 6.43. The van der Waals surface area contributed by atoms with Crippen molar-refractivity contribution in [1.82, 2.24) is 10.3 Å². The smallest absolute Gasteiger partial charge is 0.242 e. The zero-order valence-electron chi connectivity index (χ0n) is 5.61. The van der Waals surface area contributed by atoms with Gasteiger partial charge in [0.25, 0.3) is 0 Å². The summed E-state index contributed by atoms with van der Waals surface area (Å²) < 4.78 is 28.7. The fraction of sp³-hybridized carbons (Fsp3) is 0. The number of hydrazine groups is 3. The van der Waals surface area contributed by atoms with Crippen molar-refractivity contribution in [3.05, 3.63) is 0 Å². The fourth-order valence-corrected chi connectivity index (χ4v) is 0.874. The summed E-state index contributed by atoms with van der Waals surface area (Å²) in [4.78, 5) is 0. The molecule has 1 rings (SSSR count). The number of hydrogen-bond donors (Lipinski definition) is 3. The molecule has 0 amide bonds. The Morgan fingerprint density at radius 1 is 1.50 bits per heavy atom. The van der Waals surface area contributed by atoms with Crippen molar-refractivity contribution >= 4 is 16.4 Å². The second-order valence-corrected chi connectivity index (χ2v) is 2.80. The molecule has 0 aromatic heterocycles. The van der Waals surface area contributed by atoms with Crippen LogP contribution in [0.4, 0.5) is 0 Å². The predicted octanol–water partition coefficient (Wildman–Crippen LogP) is -3.31. The van der Waals surface area contributed by atoms with Crippen molar-refractivity contribution in [3.8, 4) is 0 Å². The maximum Gasteiger partial charge on any atom is 0.492 e. The quantitative estimate of drug-likeness (QED) is 0.268. The second-order valence-electron chi connectivity index (χ2n) is 1.68. The molecule has 1 aliphatic rings. The third-order valence-corrected chi connectivity index (χ3v) is 1.41. The van der Waals surface area contributed by atoms with E-state index in [9.17, 15) is 8.42 Å². The van der Waals surface area contributed by atoms with Crippen molar-refractivity contribution in [1.29, 1.82) is 0 Å². The molecule has 12 heavy (non-hydrogen) atoms. The summed E-state index contributed by atoms with van der Waals surface area (Å²) in [5.41, 5.74) is 0. The van der Waals surface area contributed by atoms with Gasteiger partial charge in [0.15, 0.2) is 0 Å². The minimum Gasteiger partial charge on any atom is -0.242 e. The minimum atomic E-state index is -4.22. The fourth-order valence-electron chi connectivity index (χ4n) is 0.425. The molecule has 0 bridgehead atoms. The Hall–Kier alpha value is -1.14. The molecule has 0 aliphatic carbocycles. The number of nitrogens with zero attached hydrogens (tertiary/aromatic N) is 3. The van der Waals surface area contributed by atoms with Gasteiger partial charge in [-0.1, -0.05) is 4.28 Å². The van der Waals surface area contributed by atoms with Gasteiger partial charge in [-0.3, -0.25) is 0 Å². The van der Waals surface area contributed by atoms with Crippen LogP contribution in [0.5, 0.6) is 0 Å². The van der Waals surface area contributed by atoms with E-state index in [-0.39, 0.29) is 5.17 Å². The van der Waals surface area contributed by atoms with Crippen molar-refractivity contribution in [2.24, 2.45) is 22.7 Å². The molecule has 0 aromatic carbocycles. The van der Waals surface area contributed by atoms with Gasteiger partial charge in [-0.15, -0.1) is 5.17 Å². The van der Waals surface area contributed by atoms with Crippen LogP contribution in [0.3, 0.4) is 0 Å². The lowest BCUT2D eigenvalue weighted by molar-refractivity contribution is -0.0287. The Kier molecular flexibility index (Phi) is 2.03. The highest BCUT2D eigenvalue weighted by atomic mass is 32.3. The number of hydroxylamine groups is 1. The van der Waals surface area contributed by atoms with E-state index in [2.05, 4.69) is 13.7 Å². The lowest BCUT2D eigenvalue weighted by Gasteiger charge is -2.23. The Morgan fingerprint density at radius 2 is 2.08 bits per heavy atom. The van der Waals surface area contributed by atoms with Crippen molar-refractivity contribution < 1.29 is 17.0 Å². The first-order valence-electron chi connectivity index (χ1n) is 2.48. The summed E-state index contributed by atoms with van der Waals surface area (Å²) in [5, 5.41) is 3.62. The summed E-state index contributed by atoms with van der Waals surface area (Å²) in [6.07, 6.45) is 0. The Bertz CT molecular complexity index is 293. The largest absolute Gasteiger partial charge is 0.492 e. The molecule has 0 radical (unpaired) electrons. The molecule has 10 nitrogen and oxygen atoms in total. The summed E-state index contributed by atoms with van der Waals surface area (Å²) in [5.74, 6) is 14.5. The molecular weight excluding hydrogens is 192 g/mol. The molecule has 0 fully saturated rings. The van der Waals surface area contributed by atoms with Crippen LogP contribution in [-0.2, 0) is 19.0 Å². The van der Waals surface area contributed by atoms with Crippen LogP contribution in [0.1, 0.15) is 0 Å². The third kappa shape index (κ3) is 1.72. The van der Waals surface area contributed by atoms with E-state index in [0.717, 1.165) is 0 Å². The standard InChI is InChI=1S/CH6N6O4S/c2-6(3)1-5-10-12(8,9)11-7(1)4/h2-4H2. The first kappa shape index (κ1) is 8.95. The average Bonchev–Trinajstić information content (AvgIpc) is 1.83. The minimum absolute atomic E-state index is 0.249. The van der Waals surface area contributed by atoms with E-state index in [0.29, 0.717) is 5.12 Å². The van der Waals surface area contributed by atoms with Crippen LogP contribution in [0.2, 0.25) is 0 Å². The van der Waals surface area contributed by atoms with Crippen LogP contribution in [0.15, 0.2) is 5.16 Å². The van der Waals surface area contributed by atoms with Crippen molar-refractivity contribution in [2.45, 2.75) is 0 Å². The van der Waals surface area contributed by atoms with E-state index in [1.807, 2.05) is 0 Å². The highest BCUT2D eigenvalue weighted by molar-refractivity contribution is 7.81. The van der Waals surface area contributed by atoms with E-state index < -0.39 is 16.4 Å². The first-order chi connectivity index (χ1) is 5.42. The Balaban J connectivity index is 2.89. The van der Waals surface area contributed by atoms with Crippen LogP contribution < -0.4 is 17.5 Å². The number of rotatable bonds is 0. The van der Waals surface area contributed by atoms with E-state index in [1.54, 1.807) is 0 Å². The molecule has 1 heterocycles. The molecule has 0 spiro atoms. The molecule has 0 atom stereocenters. The molecule has 11 heteroatoms. The molecule has 6 N–H and O–H groups in total. The van der Waals surface area contributed by atoms with E-state index in [1.165, 1.54) is 0 Å². The second kappa shape index (κ2) is 2.72. The SMILES string of the molecule is NN(N)C1=NOS(=O)(=O)ON1N. The highest BCUT2D eigenvalue weighted by Gasteiger charge is 2.28. The van der Waals surface area contributed by atoms with Crippen LogP contribution in [0, 0.1) is 0 Å². The highest BCUT2D eigenvalue weighted by Crippen LogP contribution is 2.06. The number of guanidine groups is 1. The van der Waals surface area contributed by atoms with Gasteiger partial charge in [-0.2, -0.15) is 8.42 Å². The average molecular weight is 198 g/mol. The predicted molar refractivity (Wildman–Crippen MR) is 34.8 cm³/mol. The lowest BCUT2D eigenvalue weighted by atomic mass is 11.0. The topological polar surface area (TPSA) is 150 Å². The summed E-state index contributed by atoms with van der Waals surface area (Å²) in [6, 6.07) is 0. The number of nitrogens with two attached hydrogens (primary N) is 3. The van der Waals surface area contributed by atoms with Crippen LogP contribution in [0.25, 0.3) is 0 Å². The molecule has 70 valence electrons. The van der Waals surface area contributed by atoms with Gasteiger partial charge >= 0.3 is 16.4 Å². The van der Waals surface area contributed by atoms with Gasteiger partial charge in [0, 0.05) is 0 Å². The number of hydrogen-bond acceptors (Lipinski definition) is 10. The normalized spacial score (nSPS) is 21.2. The number of oxime groups is 1. The monoisotopic (exact) mass is 198 g/mol. The van der Waals surface area contributed by atoms with Crippen molar-refractivity contribution in [2.75, 3.05) is 0 Å². The van der Waals surface area contributed by atoms with Gasteiger partial charge in [-0.25, -0.2) is 26.9 Å². The zero-order chi connectivity index (χ0) is 9.35. The third-order valence-electron chi connectivity index (χ3n) is 0.810. The van der Waals surface area contributed by atoms with Gasteiger partial charge in [0.2, 0.25) is 0 Å². The molecule has 1 aliphatic heterocycles.